The van der Waals surface area contributed by atoms with Crippen LogP contribution in [0.25, 0.3) is 0 Å². The molecule has 0 fully saturated rings. The number of carbonyl (C=O) groups is 1. The van der Waals surface area contributed by atoms with Crippen molar-refractivity contribution in [3.05, 3.63) is 23.3 Å². The number of carbonyl (C=O) groups excluding carboxylic acids is 1. The molecule has 0 radical (unpaired) electrons. The predicted molar refractivity (Wildman–Crippen MR) is 59.3 cm³/mol. The van der Waals surface area contributed by atoms with Gasteiger partial charge in [0.15, 0.2) is 11.6 Å². The van der Waals surface area contributed by atoms with Crippen LogP contribution < -0.4 is 0 Å². The van der Waals surface area contributed by atoms with Crippen LogP contribution in [0.5, 0.6) is 0 Å². The molecule has 1 atom stereocenters. The van der Waals surface area contributed by atoms with E-state index in [1.807, 2.05) is 13.8 Å². The van der Waals surface area contributed by atoms with Crippen LogP contribution in [0.4, 0.5) is 0 Å². The Morgan fingerprint density at radius 3 is 3.06 bits per heavy atom. The average Bonchev–Trinajstić information content (AvgIpc) is 2.29. The standard InChI is InChI=1S/C12H16N2O2/c1-3-16-8(2)12-13-7-9-10(14-12)5-4-6-11(9)15/h7-8H,3-6H2,1-2H3. The van der Waals surface area contributed by atoms with E-state index in [2.05, 4.69) is 9.97 Å². The van der Waals surface area contributed by atoms with E-state index in [4.69, 9.17) is 4.74 Å². The summed E-state index contributed by atoms with van der Waals surface area (Å²) in [5, 5.41) is 0. The fourth-order valence-corrected chi connectivity index (χ4v) is 1.93. The Morgan fingerprint density at radius 1 is 1.50 bits per heavy atom. The normalized spacial score (nSPS) is 17.0. The van der Waals surface area contributed by atoms with Gasteiger partial charge in [0.1, 0.15) is 6.10 Å². The number of nitrogens with zero attached hydrogens (tertiary/aromatic N) is 2. The monoisotopic (exact) mass is 220 g/mol. The van der Waals surface area contributed by atoms with Gasteiger partial charge in [0.25, 0.3) is 0 Å². The summed E-state index contributed by atoms with van der Waals surface area (Å²) in [7, 11) is 0. The summed E-state index contributed by atoms with van der Waals surface area (Å²) >= 11 is 0. The first-order chi connectivity index (χ1) is 7.72. The summed E-state index contributed by atoms with van der Waals surface area (Å²) < 4.78 is 5.44. The van der Waals surface area contributed by atoms with Crippen LogP contribution in [-0.2, 0) is 11.2 Å². The minimum Gasteiger partial charge on any atom is -0.371 e. The van der Waals surface area contributed by atoms with Crippen molar-refractivity contribution in [1.29, 1.82) is 0 Å². The zero-order valence-corrected chi connectivity index (χ0v) is 9.69. The van der Waals surface area contributed by atoms with Crippen molar-refractivity contribution in [3.63, 3.8) is 0 Å². The number of fused-ring (bicyclic) bond motifs is 1. The minimum atomic E-state index is -0.104. The molecule has 0 N–H and O–H groups in total. The second kappa shape index (κ2) is 4.70. The van der Waals surface area contributed by atoms with E-state index in [9.17, 15) is 4.79 Å². The number of rotatable bonds is 3. The molecule has 0 amide bonds. The SMILES string of the molecule is CCOC(C)c1ncc2c(n1)CCCC2=O. The van der Waals surface area contributed by atoms with Gasteiger partial charge in [-0.05, 0) is 26.7 Å². The highest BCUT2D eigenvalue weighted by Crippen LogP contribution is 2.21. The molecule has 1 heterocycles. The maximum absolute atomic E-state index is 11.6. The van der Waals surface area contributed by atoms with Crippen LogP contribution >= 0.6 is 0 Å². The zero-order valence-electron chi connectivity index (χ0n) is 9.69. The largest absolute Gasteiger partial charge is 0.371 e. The lowest BCUT2D eigenvalue weighted by atomic mass is 9.96. The Hall–Kier alpha value is -1.29. The van der Waals surface area contributed by atoms with E-state index in [-0.39, 0.29) is 11.9 Å². The Bertz CT molecular complexity index is 404. The van der Waals surface area contributed by atoms with E-state index in [1.165, 1.54) is 0 Å². The highest BCUT2D eigenvalue weighted by atomic mass is 16.5. The van der Waals surface area contributed by atoms with Crippen molar-refractivity contribution < 1.29 is 9.53 Å². The molecule has 1 unspecified atom stereocenters. The van der Waals surface area contributed by atoms with Crippen LogP contribution in [0.3, 0.4) is 0 Å². The molecule has 0 saturated heterocycles. The molecular formula is C12H16N2O2. The van der Waals surface area contributed by atoms with E-state index < -0.39 is 0 Å². The maximum Gasteiger partial charge on any atom is 0.166 e. The topological polar surface area (TPSA) is 52.1 Å². The molecule has 0 spiro atoms. The van der Waals surface area contributed by atoms with Crippen molar-refractivity contribution >= 4 is 5.78 Å². The van der Waals surface area contributed by atoms with Crippen molar-refractivity contribution in [1.82, 2.24) is 9.97 Å². The van der Waals surface area contributed by atoms with Crippen molar-refractivity contribution in [2.45, 2.75) is 39.2 Å². The van der Waals surface area contributed by atoms with Gasteiger partial charge in [-0.15, -0.1) is 0 Å². The number of hydrogen-bond acceptors (Lipinski definition) is 4. The third kappa shape index (κ3) is 2.11. The summed E-state index contributed by atoms with van der Waals surface area (Å²) in [6, 6.07) is 0. The fraction of sp³-hybridized carbons (Fsp3) is 0.583. The number of Topliss-reactive ketones (excluding diaryl/α,β-unsaturated/α-hetero) is 1. The third-order valence-corrected chi connectivity index (χ3v) is 2.78. The summed E-state index contributed by atoms with van der Waals surface area (Å²) in [6.07, 6.45) is 3.93. The van der Waals surface area contributed by atoms with Gasteiger partial charge in [0, 0.05) is 19.2 Å². The van der Waals surface area contributed by atoms with Crippen molar-refractivity contribution in [3.8, 4) is 0 Å². The lowest BCUT2D eigenvalue weighted by Crippen LogP contribution is -2.16. The van der Waals surface area contributed by atoms with E-state index in [1.54, 1.807) is 6.20 Å². The minimum absolute atomic E-state index is 0.104. The van der Waals surface area contributed by atoms with Crippen LogP contribution in [0.2, 0.25) is 0 Å². The van der Waals surface area contributed by atoms with Gasteiger partial charge >= 0.3 is 0 Å². The molecule has 4 heteroatoms. The quantitative estimate of drug-likeness (QED) is 0.782. The second-order valence-corrected chi connectivity index (χ2v) is 3.96. The molecular weight excluding hydrogens is 204 g/mol. The number of aromatic nitrogens is 2. The highest BCUT2D eigenvalue weighted by Gasteiger charge is 2.20. The Labute approximate surface area is 95.1 Å². The van der Waals surface area contributed by atoms with Gasteiger partial charge in [0.05, 0.1) is 11.3 Å². The Balaban J connectivity index is 2.28. The zero-order chi connectivity index (χ0) is 11.5. The molecule has 0 saturated carbocycles. The van der Waals surface area contributed by atoms with Crippen LogP contribution in [-0.4, -0.2) is 22.4 Å². The second-order valence-electron chi connectivity index (χ2n) is 3.96. The van der Waals surface area contributed by atoms with Gasteiger partial charge in [-0.1, -0.05) is 0 Å². The van der Waals surface area contributed by atoms with Gasteiger partial charge in [-0.3, -0.25) is 4.79 Å². The summed E-state index contributed by atoms with van der Waals surface area (Å²) in [4.78, 5) is 20.2. The summed E-state index contributed by atoms with van der Waals surface area (Å²) in [5.74, 6) is 0.840. The molecule has 0 aromatic carbocycles. The molecule has 0 aliphatic heterocycles. The first kappa shape index (κ1) is 11.2. The fourth-order valence-electron chi connectivity index (χ4n) is 1.93. The predicted octanol–water partition coefficient (Wildman–Crippen LogP) is 2.09. The lowest BCUT2D eigenvalue weighted by Gasteiger charge is -2.16. The maximum atomic E-state index is 11.6. The average molecular weight is 220 g/mol. The molecule has 86 valence electrons. The van der Waals surface area contributed by atoms with E-state index in [0.29, 0.717) is 24.4 Å². The lowest BCUT2D eigenvalue weighted by molar-refractivity contribution is 0.0696. The summed E-state index contributed by atoms with van der Waals surface area (Å²) in [5.41, 5.74) is 1.58. The van der Waals surface area contributed by atoms with Gasteiger partial charge < -0.3 is 4.74 Å². The van der Waals surface area contributed by atoms with Gasteiger partial charge in [-0.2, -0.15) is 0 Å². The molecule has 4 nitrogen and oxygen atoms in total. The molecule has 0 bridgehead atoms. The molecule has 1 aliphatic carbocycles. The molecule has 2 rings (SSSR count). The first-order valence-corrected chi connectivity index (χ1v) is 5.73. The number of ether oxygens (including phenoxy) is 1. The molecule has 1 aromatic rings. The first-order valence-electron chi connectivity index (χ1n) is 5.73. The summed E-state index contributed by atoms with van der Waals surface area (Å²) in [6.45, 7) is 4.51. The Morgan fingerprint density at radius 2 is 2.31 bits per heavy atom. The highest BCUT2D eigenvalue weighted by molar-refractivity contribution is 5.97. The van der Waals surface area contributed by atoms with Crippen molar-refractivity contribution in [2.24, 2.45) is 0 Å². The van der Waals surface area contributed by atoms with Crippen molar-refractivity contribution in [2.75, 3.05) is 6.61 Å². The van der Waals surface area contributed by atoms with Crippen LogP contribution in [0.1, 0.15) is 54.7 Å². The molecule has 1 aromatic heterocycles. The number of ketones is 1. The third-order valence-electron chi connectivity index (χ3n) is 2.78. The van der Waals surface area contributed by atoms with Gasteiger partial charge in [0.2, 0.25) is 0 Å². The van der Waals surface area contributed by atoms with E-state index in [0.717, 1.165) is 18.5 Å². The molecule has 1 aliphatic rings. The smallest absolute Gasteiger partial charge is 0.166 e. The van der Waals surface area contributed by atoms with Gasteiger partial charge in [-0.25, -0.2) is 9.97 Å². The van der Waals surface area contributed by atoms with E-state index >= 15 is 0 Å². The number of hydrogen-bond donors (Lipinski definition) is 0. The number of aryl methyl sites for hydroxylation is 1. The molecule has 16 heavy (non-hydrogen) atoms. The Kier molecular flexibility index (Phi) is 3.29. The van der Waals surface area contributed by atoms with Crippen LogP contribution in [0, 0.1) is 0 Å². The van der Waals surface area contributed by atoms with Crippen LogP contribution in [0.15, 0.2) is 6.20 Å².